The number of aromatic nitrogens is 2. The van der Waals surface area contributed by atoms with Gasteiger partial charge in [-0.25, -0.2) is 9.97 Å². The van der Waals surface area contributed by atoms with E-state index in [-0.39, 0.29) is 0 Å². The summed E-state index contributed by atoms with van der Waals surface area (Å²) in [5.41, 5.74) is 0. The molecule has 1 aromatic rings. The third kappa shape index (κ3) is 3.17. The maximum atomic E-state index is 6.06. The summed E-state index contributed by atoms with van der Waals surface area (Å²) in [6.45, 7) is 0. The first-order valence-corrected chi connectivity index (χ1v) is 6.63. The fourth-order valence-corrected chi connectivity index (χ4v) is 2.52. The van der Waals surface area contributed by atoms with E-state index in [1.807, 2.05) is 6.20 Å². The highest BCUT2D eigenvalue weighted by Gasteiger charge is 2.19. The topological polar surface area (TPSA) is 37.8 Å². The number of anilines is 1. The van der Waals surface area contributed by atoms with Gasteiger partial charge in [-0.2, -0.15) is 0 Å². The molecule has 0 aliphatic heterocycles. The Morgan fingerprint density at radius 2 is 2.07 bits per heavy atom. The summed E-state index contributed by atoms with van der Waals surface area (Å²) in [6, 6.07) is 0.517. The van der Waals surface area contributed by atoms with Crippen LogP contribution in [0.4, 0.5) is 5.82 Å². The molecule has 1 saturated carbocycles. The molecule has 1 N–H and O–H groups in total. The van der Waals surface area contributed by atoms with Crippen molar-refractivity contribution in [1.29, 1.82) is 0 Å². The normalized spacial score (nSPS) is 26.3. The lowest BCUT2D eigenvalue weighted by molar-refractivity contribution is 0.467. The summed E-state index contributed by atoms with van der Waals surface area (Å²) in [4.78, 5) is 8.20. The van der Waals surface area contributed by atoms with Crippen LogP contribution in [0.15, 0.2) is 12.5 Å². The lowest BCUT2D eigenvalue weighted by Crippen LogP contribution is -2.27. The Labute approximate surface area is 108 Å². The first-order valence-electron chi connectivity index (χ1n) is 5.12. The molecule has 3 nitrogen and oxygen atoms in total. The number of hydrogen-bond donors (Lipinski definition) is 1. The Morgan fingerprint density at radius 3 is 2.73 bits per heavy atom. The fraction of sp³-hybridized carbons (Fsp3) is 0.600. The number of alkyl halides is 1. The Balaban J connectivity index is 1.95. The summed E-state index contributed by atoms with van der Waals surface area (Å²) < 4.78 is 1.07. The maximum absolute atomic E-state index is 6.06. The van der Waals surface area contributed by atoms with Crippen molar-refractivity contribution in [2.45, 2.75) is 37.1 Å². The van der Waals surface area contributed by atoms with Crippen molar-refractivity contribution >= 4 is 40.0 Å². The van der Waals surface area contributed by atoms with Gasteiger partial charge in [-0.3, -0.25) is 0 Å². The number of rotatable bonds is 2. The van der Waals surface area contributed by atoms with Crippen molar-refractivity contribution in [2.75, 3.05) is 5.32 Å². The first-order chi connectivity index (χ1) is 7.25. The van der Waals surface area contributed by atoms with Crippen LogP contribution in [-0.2, 0) is 0 Å². The number of nitrogens with one attached hydrogen (secondary N) is 1. The van der Waals surface area contributed by atoms with E-state index < -0.39 is 0 Å². The zero-order chi connectivity index (χ0) is 10.7. The third-order valence-corrected chi connectivity index (χ3v) is 3.89. The highest BCUT2D eigenvalue weighted by atomic mass is 127. The quantitative estimate of drug-likeness (QED) is 0.666. The van der Waals surface area contributed by atoms with Crippen LogP contribution in [0.1, 0.15) is 25.7 Å². The van der Waals surface area contributed by atoms with Crippen molar-refractivity contribution < 1.29 is 0 Å². The molecule has 1 heterocycles. The van der Waals surface area contributed by atoms with Gasteiger partial charge in [0.15, 0.2) is 0 Å². The molecule has 1 aliphatic rings. The average molecular weight is 338 g/mol. The summed E-state index contributed by atoms with van der Waals surface area (Å²) in [5.74, 6) is 0.948. The van der Waals surface area contributed by atoms with Crippen LogP contribution in [0.2, 0.25) is 0 Å². The lowest BCUT2D eigenvalue weighted by Gasteiger charge is -2.26. The van der Waals surface area contributed by atoms with Crippen molar-refractivity contribution in [1.82, 2.24) is 9.97 Å². The zero-order valence-electron chi connectivity index (χ0n) is 8.29. The van der Waals surface area contributed by atoms with Gasteiger partial charge in [-0.05, 0) is 48.3 Å². The second-order valence-electron chi connectivity index (χ2n) is 3.81. The van der Waals surface area contributed by atoms with Crippen molar-refractivity contribution in [3.8, 4) is 0 Å². The van der Waals surface area contributed by atoms with Gasteiger partial charge < -0.3 is 5.32 Å². The molecular weight excluding hydrogens is 324 g/mol. The second-order valence-corrected chi connectivity index (χ2v) is 5.59. The highest BCUT2D eigenvalue weighted by Crippen LogP contribution is 2.25. The molecule has 15 heavy (non-hydrogen) atoms. The van der Waals surface area contributed by atoms with Crippen molar-refractivity contribution in [3.05, 3.63) is 16.1 Å². The average Bonchev–Trinajstić information content (AvgIpc) is 2.25. The molecule has 82 valence electrons. The number of hydrogen-bond acceptors (Lipinski definition) is 3. The molecule has 0 amide bonds. The van der Waals surface area contributed by atoms with Gasteiger partial charge in [0.25, 0.3) is 0 Å². The van der Waals surface area contributed by atoms with Gasteiger partial charge in [0.2, 0.25) is 0 Å². The SMILES string of the molecule is ClC1CCC(Nc2ncncc2I)CC1. The largest absolute Gasteiger partial charge is 0.366 e. The van der Waals surface area contributed by atoms with E-state index >= 15 is 0 Å². The predicted octanol–water partition coefficient (Wildman–Crippen LogP) is 3.04. The summed E-state index contributed by atoms with van der Waals surface area (Å²) in [5, 5.41) is 3.82. The van der Waals surface area contributed by atoms with E-state index in [9.17, 15) is 0 Å². The molecule has 0 spiro atoms. The minimum Gasteiger partial charge on any atom is -0.366 e. The van der Waals surface area contributed by atoms with Crippen LogP contribution in [0.25, 0.3) is 0 Å². The van der Waals surface area contributed by atoms with Crippen LogP contribution < -0.4 is 5.32 Å². The Morgan fingerprint density at radius 1 is 1.33 bits per heavy atom. The number of nitrogens with zero attached hydrogens (tertiary/aromatic N) is 2. The molecule has 0 saturated heterocycles. The molecule has 1 fully saturated rings. The standard InChI is InChI=1S/C10H13ClIN3/c11-7-1-3-8(4-2-7)15-10-9(12)5-13-6-14-10/h5-8H,1-4H2,(H,13,14,15). The summed E-state index contributed by atoms with van der Waals surface area (Å²) in [6.07, 6.45) is 7.87. The van der Waals surface area contributed by atoms with E-state index in [4.69, 9.17) is 11.6 Å². The highest BCUT2D eigenvalue weighted by molar-refractivity contribution is 14.1. The van der Waals surface area contributed by atoms with Crippen LogP contribution in [0.3, 0.4) is 0 Å². The molecule has 1 aliphatic carbocycles. The van der Waals surface area contributed by atoms with Crippen molar-refractivity contribution in [2.24, 2.45) is 0 Å². The van der Waals surface area contributed by atoms with Crippen LogP contribution in [0.5, 0.6) is 0 Å². The molecule has 0 unspecified atom stereocenters. The van der Waals surface area contributed by atoms with Crippen LogP contribution >= 0.6 is 34.2 Å². The Kier molecular flexibility index (Phi) is 4.02. The van der Waals surface area contributed by atoms with E-state index in [2.05, 4.69) is 37.9 Å². The van der Waals surface area contributed by atoms with Gasteiger partial charge >= 0.3 is 0 Å². The van der Waals surface area contributed by atoms with Crippen LogP contribution in [-0.4, -0.2) is 21.4 Å². The van der Waals surface area contributed by atoms with E-state index in [0.717, 1.165) is 35.1 Å². The summed E-state index contributed by atoms with van der Waals surface area (Å²) >= 11 is 8.31. The number of halogens is 2. The molecule has 0 radical (unpaired) electrons. The van der Waals surface area contributed by atoms with E-state index in [0.29, 0.717) is 11.4 Å². The predicted molar refractivity (Wildman–Crippen MR) is 70.3 cm³/mol. The minimum atomic E-state index is 0.368. The molecule has 1 aromatic heterocycles. The van der Waals surface area contributed by atoms with Crippen LogP contribution in [0, 0.1) is 3.57 Å². The fourth-order valence-electron chi connectivity index (χ4n) is 1.81. The maximum Gasteiger partial charge on any atom is 0.143 e. The smallest absolute Gasteiger partial charge is 0.143 e. The lowest BCUT2D eigenvalue weighted by atomic mass is 9.95. The first kappa shape index (κ1) is 11.4. The minimum absolute atomic E-state index is 0.368. The molecule has 0 atom stereocenters. The van der Waals surface area contributed by atoms with E-state index in [1.165, 1.54) is 0 Å². The molecule has 2 rings (SSSR count). The third-order valence-electron chi connectivity index (χ3n) is 2.67. The van der Waals surface area contributed by atoms with Gasteiger partial charge in [0.05, 0.1) is 3.57 Å². The van der Waals surface area contributed by atoms with Gasteiger partial charge in [-0.15, -0.1) is 11.6 Å². The second kappa shape index (κ2) is 5.30. The molecular formula is C10H13ClIN3. The van der Waals surface area contributed by atoms with Gasteiger partial charge in [-0.1, -0.05) is 0 Å². The van der Waals surface area contributed by atoms with Gasteiger partial charge in [0.1, 0.15) is 12.1 Å². The van der Waals surface area contributed by atoms with E-state index in [1.54, 1.807) is 6.33 Å². The Hall–Kier alpha value is -0.100. The van der Waals surface area contributed by atoms with Crippen molar-refractivity contribution in [3.63, 3.8) is 0 Å². The van der Waals surface area contributed by atoms with Gasteiger partial charge in [0, 0.05) is 17.6 Å². The molecule has 0 aromatic carbocycles. The molecule has 0 bridgehead atoms. The monoisotopic (exact) mass is 337 g/mol. The zero-order valence-corrected chi connectivity index (χ0v) is 11.2. The Bertz CT molecular complexity index is 326. The molecule has 5 heteroatoms. The summed E-state index contributed by atoms with van der Waals surface area (Å²) in [7, 11) is 0.